The number of esters is 1. The van der Waals surface area contributed by atoms with Gasteiger partial charge in [-0.1, -0.05) is 27.7 Å². The number of aromatic nitrogens is 2. The van der Waals surface area contributed by atoms with E-state index in [2.05, 4.69) is 32.8 Å². The SMILES string of the molecule is CC(=O)OC[C@H]1Cc2c(cnn2C(C)=O)C[C@]1(C)[C@H]1CC[C@]2(C)[C@@H]3[C@H](C[C@H]2[C@@H]1COS(C)(=O)=O)O[C@]1(CCC(C)CO1)[C@H]3C. The van der Waals surface area contributed by atoms with Gasteiger partial charge in [-0.15, -0.1) is 0 Å². The Hall–Kier alpha value is -1.82. The molecule has 0 amide bonds. The molecule has 2 saturated heterocycles. The van der Waals surface area contributed by atoms with Crippen molar-refractivity contribution in [2.24, 2.45) is 52.3 Å². The maximum absolute atomic E-state index is 12.4. The molecule has 10 nitrogen and oxygen atoms in total. The summed E-state index contributed by atoms with van der Waals surface area (Å²) in [6, 6.07) is 0. The van der Waals surface area contributed by atoms with Crippen LogP contribution in [0.4, 0.5) is 0 Å². The first kappa shape index (κ1) is 32.1. The summed E-state index contributed by atoms with van der Waals surface area (Å²) in [5.74, 6) is 0.284. The van der Waals surface area contributed by atoms with Crippen LogP contribution < -0.4 is 0 Å². The Labute approximate surface area is 262 Å². The molecule has 6 rings (SSSR count). The van der Waals surface area contributed by atoms with E-state index in [1.807, 2.05) is 0 Å². The normalized spacial score (nSPS) is 43.3. The van der Waals surface area contributed by atoms with Crippen LogP contribution >= 0.6 is 0 Å². The van der Waals surface area contributed by atoms with Gasteiger partial charge in [-0.05, 0) is 84.5 Å². The molecule has 11 atom stereocenters. The van der Waals surface area contributed by atoms with Crippen molar-refractivity contribution < 1.29 is 36.4 Å². The van der Waals surface area contributed by atoms with E-state index in [9.17, 15) is 18.0 Å². The zero-order valence-electron chi connectivity index (χ0n) is 27.3. The Balaban J connectivity index is 1.35. The summed E-state index contributed by atoms with van der Waals surface area (Å²) in [4.78, 5) is 24.4. The molecule has 1 spiro atoms. The molecule has 1 aromatic rings. The average molecular weight is 635 g/mol. The summed E-state index contributed by atoms with van der Waals surface area (Å²) >= 11 is 0. The van der Waals surface area contributed by atoms with Crippen LogP contribution in [0.25, 0.3) is 0 Å². The summed E-state index contributed by atoms with van der Waals surface area (Å²) in [7, 11) is -3.66. The number of ether oxygens (including phenoxy) is 3. The highest BCUT2D eigenvalue weighted by atomic mass is 32.2. The van der Waals surface area contributed by atoms with Crippen molar-refractivity contribution in [3.8, 4) is 0 Å². The number of rotatable bonds is 6. The smallest absolute Gasteiger partial charge is 0.302 e. The van der Waals surface area contributed by atoms with Gasteiger partial charge < -0.3 is 14.2 Å². The van der Waals surface area contributed by atoms with E-state index in [0.717, 1.165) is 56.2 Å². The second kappa shape index (κ2) is 11.2. The van der Waals surface area contributed by atoms with E-state index in [-0.39, 0.29) is 71.6 Å². The predicted octanol–water partition coefficient (Wildman–Crippen LogP) is 4.65. The standard InChI is InChI=1S/C33H50N2O8S/c1-19-8-11-33(41-16-19)20(2)30-29(43-33)13-27-25(18-42-44(7,38)39)26(9-10-31(27,30)5)32(6)14-23-15-34-35(21(3)36)28(23)12-24(32)17-40-22(4)37/h15,19-20,24-27,29-30H,8-14,16-18H2,1-7H3/t19?,20-,24+,25+,26-,27-,29-,30-,31-,32-,33+/m0/s1. The molecule has 1 aromatic heterocycles. The van der Waals surface area contributed by atoms with Gasteiger partial charge >= 0.3 is 5.97 Å². The summed E-state index contributed by atoms with van der Waals surface area (Å²) in [5, 5.41) is 4.41. The van der Waals surface area contributed by atoms with E-state index in [0.29, 0.717) is 24.7 Å². The largest absolute Gasteiger partial charge is 0.466 e. The van der Waals surface area contributed by atoms with Gasteiger partial charge in [-0.25, -0.2) is 4.68 Å². The molecular weight excluding hydrogens is 584 g/mol. The van der Waals surface area contributed by atoms with Crippen LogP contribution in [0.15, 0.2) is 6.20 Å². The van der Waals surface area contributed by atoms with Crippen molar-refractivity contribution in [2.45, 2.75) is 98.4 Å². The first-order valence-electron chi connectivity index (χ1n) is 16.4. The third-order valence-corrected chi connectivity index (χ3v) is 13.3. The lowest BCUT2D eigenvalue weighted by Gasteiger charge is -2.57. The minimum atomic E-state index is -3.66. The second-order valence-corrected chi connectivity index (χ2v) is 17.0. The van der Waals surface area contributed by atoms with Gasteiger partial charge in [0.2, 0.25) is 5.91 Å². The zero-order valence-corrected chi connectivity index (χ0v) is 28.2. The van der Waals surface area contributed by atoms with Crippen molar-refractivity contribution in [2.75, 3.05) is 26.1 Å². The summed E-state index contributed by atoms with van der Waals surface area (Å²) in [6.45, 7) is 13.2. The van der Waals surface area contributed by atoms with Crippen LogP contribution in [0.5, 0.6) is 0 Å². The van der Waals surface area contributed by atoms with E-state index >= 15 is 0 Å². The summed E-state index contributed by atoms with van der Waals surface area (Å²) in [5.41, 5.74) is 1.52. The highest BCUT2D eigenvalue weighted by molar-refractivity contribution is 7.85. The molecule has 3 aliphatic carbocycles. The molecule has 2 aliphatic heterocycles. The van der Waals surface area contributed by atoms with Gasteiger partial charge in [0, 0.05) is 32.1 Å². The molecule has 0 N–H and O–H groups in total. The summed E-state index contributed by atoms with van der Waals surface area (Å²) < 4.78 is 50.9. The first-order chi connectivity index (χ1) is 20.6. The highest BCUT2D eigenvalue weighted by Gasteiger charge is 2.68. The molecule has 4 fully saturated rings. The number of carbonyl (C=O) groups excluding carboxylic acids is 2. The van der Waals surface area contributed by atoms with E-state index in [4.69, 9.17) is 18.4 Å². The Morgan fingerprint density at radius 2 is 1.84 bits per heavy atom. The quantitative estimate of drug-likeness (QED) is 0.325. The third kappa shape index (κ3) is 5.27. The molecule has 3 heterocycles. The molecule has 0 radical (unpaired) electrons. The maximum atomic E-state index is 12.4. The molecule has 246 valence electrons. The number of hydrogen-bond donors (Lipinski definition) is 0. The van der Waals surface area contributed by atoms with Crippen LogP contribution in [-0.2, 0) is 46.1 Å². The van der Waals surface area contributed by atoms with Crippen LogP contribution in [0.2, 0.25) is 0 Å². The topological polar surface area (TPSA) is 123 Å². The van der Waals surface area contributed by atoms with Crippen molar-refractivity contribution in [1.29, 1.82) is 0 Å². The van der Waals surface area contributed by atoms with Crippen LogP contribution in [0.3, 0.4) is 0 Å². The van der Waals surface area contributed by atoms with Crippen molar-refractivity contribution in [3.63, 3.8) is 0 Å². The second-order valence-electron chi connectivity index (χ2n) is 15.3. The molecule has 1 unspecified atom stereocenters. The lowest BCUT2D eigenvalue weighted by atomic mass is 9.48. The van der Waals surface area contributed by atoms with Gasteiger partial charge in [0.05, 0.1) is 44.1 Å². The Morgan fingerprint density at radius 3 is 2.48 bits per heavy atom. The number of hydrogen-bond acceptors (Lipinski definition) is 9. The van der Waals surface area contributed by atoms with Crippen molar-refractivity contribution in [3.05, 3.63) is 17.5 Å². The number of carbonyl (C=O) groups is 2. The van der Waals surface area contributed by atoms with Crippen LogP contribution in [0.1, 0.15) is 89.7 Å². The fourth-order valence-electron chi connectivity index (χ4n) is 10.5. The van der Waals surface area contributed by atoms with Gasteiger partial charge in [0.1, 0.15) is 0 Å². The molecule has 0 aromatic carbocycles. The average Bonchev–Trinajstić information content (AvgIpc) is 3.56. The minimum Gasteiger partial charge on any atom is -0.466 e. The van der Waals surface area contributed by atoms with Crippen molar-refractivity contribution in [1.82, 2.24) is 9.78 Å². The molecule has 11 heteroatoms. The first-order valence-corrected chi connectivity index (χ1v) is 18.3. The van der Waals surface area contributed by atoms with Crippen molar-refractivity contribution >= 4 is 22.0 Å². The van der Waals surface area contributed by atoms with Gasteiger partial charge in [-0.3, -0.25) is 13.8 Å². The molecular formula is C33H50N2O8S. The van der Waals surface area contributed by atoms with Crippen LogP contribution in [0, 0.1) is 52.3 Å². The lowest BCUT2D eigenvalue weighted by molar-refractivity contribution is -0.272. The molecule has 5 aliphatic rings. The maximum Gasteiger partial charge on any atom is 0.302 e. The van der Waals surface area contributed by atoms with E-state index in [1.165, 1.54) is 18.5 Å². The minimum absolute atomic E-state index is 0.0395. The fourth-order valence-corrected chi connectivity index (χ4v) is 10.9. The Kier molecular flexibility index (Phi) is 8.15. The number of nitrogens with zero attached hydrogens (tertiary/aromatic N) is 2. The van der Waals surface area contributed by atoms with Gasteiger partial charge in [0.15, 0.2) is 5.79 Å². The third-order valence-electron chi connectivity index (χ3n) is 12.7. The Morgan fingerprint density at radius 1 is 1.09 bits per heavy atom. The van der Waals surface area contributed by atoms with Crippen LogP contribution in [-0.4, -0.2) is 68.0 Å². The highest BCUT2D eigenvalue weighted by Crippen LogP contribution is 2.69. The predicted molar refractivity (Wildman–Crippen MR) is 162 cm³/mol. The number of fused-ring (bicyclic) bond motifs is 4. The van der Waals surface area contributed by atoms with E-state index in [1.54, 1.807) is 6.20 Å². The molecule has 44 heavy (non-hydrogen) atoms. The van der Waals surface area contributed by atoms with Gasteiger partial charge in [0.25, 0.3) is 10.1 Å². The Bertz CT molecular complexity index is 1400. The lowest BCUT2D eigenvalue weighted by Crippen LogP contribution is -2.54. The fraction of sp³-hybridized carbons (Fsp3) is 0.848. The van der Waals surface area contributed by atoms with E-state index < -0.39 is 15.9 Å². The van der Waals surface area contributed by atoms with Gasteiger partial charge in [-0.2, -0.15) is 13.5 Å². The monoisotopic (exact) mass is 634 g/mol. The molecule has 0 bridgehead atoms. The summed E-state index contributed by atoms with van der Waals surface area (Å²) in [6.07, 6.45) is 8.95. The zero-order chi connectivity index (χ0) is 31.8. The molecule has 2 saturated carbocycles.